The molecule has 0 fully saturated rings. The van der Waals surface area contributed by atoms with Crippen LogP contribution < -0.4 is 4.90 Å². The Bertz CT molecular complexity index is 856. The van der Waals surface area contributed by atoms with E-state index in [4.69, 9.17) is 4.99 Å². The second-order valence-electron chi connectivity index (χ2n) is 7.42. The summed E-state index contributed by atoms with van der Waals surface area (Å²) in [7, 11) is 0. The van der Waals surface area contributed by atoms with Gasteiger partial charge in [-0.05, 0) is 58.4 Å². The maximum Gasteiger partial charge on any atom is 0.283 e. The molecular weight excluding hydrogens is 334 g/mol. The number of hydrogen-bond donors (Lipinski definition) is 0. The SMILES string of the molecule is Cc1ccc(N2C(=O)/C(=C/c3ccccc3)N=C2N(C(C)C)C(C)C)cc1. The minimum Gasteiger partial charge on any atom is -0.337 e. The lowest BCUT2D eigenvalue weighted by molar-refractivity contribution is -0.113. The fourth-order valence-electron chi connectivity index (χ4n) is 3.37. The summed E-state index contributed by atoms with van der Waals surface area (Å²) in [6.45, 7) is 10.5. The van der Waals surface area contributed by atoms with Crippen LogP contribution in [0.2, 0.25) is 0 Å². The van der Waals surface area contributed by atoms with E-state index < -0.39 is 0 Å². The van der Waals surface area contributed by atoms with Gasteiger partial charge in [0.25, 0.3) is 5.91 Å². The van der Waals surface area contributed by atoms with Crippen LogP contribution in [-0.2, 0) is 4.79 Å². The Balaban J connectivity index is 2.10. The van der Waals surface area contributed by atoms with E-state index in [9.17, 15) is 4.79 Å². The molecule has 0 saturated heterocycles. The normalized spacial score (nSPS) is 15.8. The molecule has 0 atom stereocenters. The highest BCUT2D eigenvalue weighted by Crippen LogP contribution is 2.28. The predicted octanol–water partition coefficient (Wildman–Crippen LogP) is 4.86. The number of amides is 1. The molecule has 1 aliphatic rings. The van der Waals surface area contributed by atoms with Crippen LogP contribution in [0.1, 0.15) is 38.8 Å². The summed E-state index contributed by atoms with van der Waals surface area (Å²) in [5.41, 5.74) is 3.43. The monoisotopic (exact) mass is 361 g/mol. The number of nitrogens with zero attached hydrogens (tertiary/aromatic N) is 3. The summed E-state index contributed by atoms with van der Waals surface area (Å²) in [6, 6.07) is 18.3. The zero-order chi connectivity index (χ0) is 19.6. The number of anilines is 1. The van der Waals surface area contributed by atoms with Crippen LogP contribution in [0.5, 0.6) is 0 Å². The highest BCUT2D eigenvalue weighted by atomic mass is 16.2. The standard InChI is InChI=1S/C23H27N3O/c1-16(2)25(17(3)4)23-24-21(15-19-9-7-6-8-10-19)22(27)26(23)20-13-11-18(5)12-14-20/h6-17H,1-5H3/b21-15-. The van der Waals surface area contributed by atoms with Crippen LogP contribution in [0, 0.1) is 6.92 Å². The molecule has 1 aliphatic heterocycles. The molecule has 1 heterocycles. The van der Waals surface area contributed by atoms with Crippen molar-refractivity contribution < 1.29 is 4.79 Å². The Morgan fingerprint density at radius 2 is 1.52 bits per heavy atom. The number of rotatable bonds is 4. The van der Waals surface area contributed by atoms with Gasteiger partial charge >= 0.3 is 0 Å². The van der Waals surface area contributed by atoms with Gasteiger partial charge in [0.2, 0.25) is 5.96 Å². The molecule has 2 aromatic rings. The van der Waals surface area contributed by atoms with Gasteiger partial charge in [0.1, 0.15) is 5.70 Å². The van der Waals surface area contributed by atoms with Crippen molar-refractivity contribution in [3.63, 3.8) is 0 Å². The van der Waals surface area contributed by atoms with Crippen molar-refractivity contribution in [1.82, 2.24) is 4.90 Å². The Labute approximate surface area is 161 Å². The lowest BCUT2D eigenvalue weighted by atomic mass is 10.2. The van der Waals surface area contributed by atoms with Crippen LogP contribution in [-0.4, -0.2) is 28.9 Å². The molecule has 0 radical (unpaired) electrons. The van der Waals surface area contributed by atoms with Crippen LogP contribution in [0.3, 0.4) is 0 Å². The van der Waals surface area contributed by atoms with Crippen molar-refractivity contribution in [1.29, 1.82) is 0 Å². The average molecular weight is 361 g/mol. The van der Waals surface area contributed by atoms with Crippen LogP contribution >= 0.6 is 0 Å². The fourth-order valence-corrected chi connectivity index (χ4v) is 3.37. The minimum absolute atomic E-state index is 0.0935. The maximum absolute atomic E-state index is 13.3. The molecule has 0 aliphatic carbocycles. The largest absolute Gasteiger partial charge is 0.337 e. The first-order valence-corrected chi connectivity index (χ1v) is 9.43. The summed E-state index contributed by atoms with van der Waals surface area (Å²) in [4.78, 5) is 22.0. The second-order valence-corrected chi connectivity index (χ2v) is 7.42. The number of carbonyl (C=O) groups excluding carboxylic acids is 1. The van der Waals surface area contributed by atoms with Gasteiger partial charge in [0.15, 0.2) is 0 Å². The molecule has 1 amide bonds. The number of hydrogen-bond acceptors (Lipinski definition) is 3. The summed E-state index contributed by atoms with van der Waals surface area (Å²) >= 11 is 0. The summed E-state index contributed by atoms with van der Waals surface area (Å²) in [6.07, 6.45) is 1.86. The molecule has 27 heavy (non-hydrogen) atoms. The number of carbonyl (C=O) groups is 1. The predicted molar refractivity (Wildman–Crippen MR) is 113 cm³/mol. The number of aryl methyl sites for hydroxylation is 1. The average Bonchev–Trinajstić information content (AvgIpc) is 2.92. The lowest BCUT2D eigenvalue weighted by Crippen LogP contribution is -2.50. The first kappa shape index (κ1) is 18.9. The Kier molecular flexibility index (Phi) is 5.45. The van der Waals surface area contributed by atoms with Crippen LogP contribution in [0.25, 0.3) is 6.08 Å². The summed E-state index contributed by atoms with van der Waals surface area (Å²) in [5, 5.41) is 0. The Morgan fingerprint density at radius 3 is 2.07 bits per heavy atom. The van der Waals surface area contributed by atoms with E-state index in [0.29, 0.717) is 11.7 Å². The number of benzene rings is 2. The molecule has 0 spiro atoms. The Morgan fingerprint density at radius 1 is 0.926 bits per heavy atom. The first-order valence-electron chi connectivity index (χ1n) is 9.43. The smallest absolute Gasteiger partial charge is 0.283 e. The number of aliphatic imine (C=N–C) groups is 1. The quantitative estimate of drug-likeness (QED) is 0.729. The highest BCUT2D eigenvalue weighted by Gasteiger charge is 2.36. The van der Waals surface area contributed by atoms with Crippen molar-refractivity contribution in [2.45, 2.75) is 46.7 Å². The van der Waals surface area contributed by atoms with Crippen molar-refractivity contribution in [3.05, 3.63) is 71.4 Å². The van der Waals surface area contributed by atoms with Crippen LogP contribution in [0.15, 0.2) is 65.3 Å². The van der Waals surface area contributed by atoms with Gasteiger partial charge in [-0.2, -0.15) is 0 Å². The van der Waals surface area contributed by atoms with Gasteiger partial charge in [0, 0.05) is 12.1 Å². The topological polar surface area (TPSA) is 35.9 Å². The second kappa shape index (κ2) is 7.78. The molecule has 0 bridgehead atoms. The van der Waals surface area contributed by atoms with E-state index in [0.717, 1.165) is 16.8 Å². The van der Waals surface area contributed by atoms with E-state index in [1.54, 1.807) is 4.90 Å². The minimum atomic E-state index is -0.0935. The molecule has 140 valence electrons. The van der Waals surface area contributed by atoms with E-state index in [2.05, 4.69) is 32.6 Å². The molecule has 0 N–H and O–H groups in total. The van der Waals surface area contributed by atoms with E-state index in [1.807, 2.05) is 67.6 Å². The zero-order valence-corrected chi connectivity index (χ0v) is 16.7. The van der Waals surface area contributed by atoms with Crippen molar-refractivity contribution in [2.75, 3.05) is 4.90 Å². The van der Waals surface area contributed by atoms with Crippen molar-refractivity contribution in [3.8, 4) is 0 Å². The molecule has 4 heteroatoms. The molecular formula is C23H27N3O. The zero-order valence-electron chi connectivity index (χ0n) is 16.7. The molecule has 3 rings (SSSR count). The fraction of sp³-hybridized carbons (Fsp3) is 0.304. The van der Waals surface area contributed by atoms with E-state index in [1.165, 1.54) is 0 Å². The van der Waals surface area contributed by atoms with Gasteiger partial charge in [-0.1, -0.05) is 48.0 Å². The maximum atomic E-state index is 13.3. The van der Waals surface area contributed by atoms with Gasteiger partial charge < -0.3 is 4.90 Å². The van der Waals surface area contributed by atoms with Crippen LogP contribution in [0.4, 0.5) is 5.69 Å². The Hall–Kier alpha value is -2.88. The summed E-state index contributed by atoms with van der Waals surface area (Å²) < 4.78 is 0. The summed E-state index contributed by atoms with van der Waals surface area (Å²) in [5.74, 6) is 0.597. The van der Waals surface area contributed by atoms with Crippen molar-refractivity contribution in [2.24, 2.45) is 4.99 Å². The molecule has 0 aromatic heterocycles. The van der Waals surface area contributed by atoms with Crippen molar-refractivity contribution >= 4 is 23.6 Å². The van der Waals surface area contributed by atoms with Gasteiger partial charge in [-0.25, -0.2) is 9.89 Å². The molecule has 2 aromatic carbocycles. The van der Waals surface area contributed by atoms with E-state index in [-0.39, 0.29) is 18.0 Å². The molecule has 4 nitrogen and oxygen atoms in total. The highest BCUT2D eigenvalue weighted by molar-refractivity contribution is 6.28. The third-order valence-corrected chi connectivity index (χ3v) is 4.58. The first-order chi connectivity index (χ1) is 12.9. The van der Waals surface area contributed by atoms with Gasteiger partial charge in [-0.3, -0.25) is 4.79 Å². The third kappa shape index (κ3) is 3.95. The van der Waals surface area contributed by atoms with Gasteiger partial charge in [0.05, 0.1) is 5.69 Å². The van der Waals surface area contributed by atoms with E-state index >= 15 is 0 Å². The van der Waals surface area contributed by atoms with Gasteiger partial charge in [-0.15, -0.1) is 0 Å². The lowest BCUT2D eigenvalue weighted by Gasteiger charge is -2.35. The molecule has 0 saturated carbocycles. The third-order valence-electron chi connectivity index (χ3n) is 4.58. The molecule has 0 unspecified atom stereocenters. The number of guanidine groups is 1.